The Bertz CT molecular complexity index is 493. The van der Waals surface area contributed by atoms with Gasteiger partial charge in [-0.2, -0.15) is 0 Å². The first-order valence-electron chi connectivity index (χ1n) is 6.21. The summed E-state index contributed by atoms with van der Waals surface area (Å²) in [5.74, 6) is 0. The van der Waals surface area contributed by atoms with E-state index >= 15 is 0 Å². The lowest BCUT2D eigenvalue weighted by Gasteiger charge is -2.10. The Hall–Kier alpha value is -1.73. The molecule has 1 unspecified atom stereocenters. The van der Waals surface area contributed by atoms with Crippen molar-refractivity contribution in [1.82, 2.24) is 4.57 Å². The van der Waals surface area contributed by atoms with E-state index in [1.807, 2.05) is 0 Å². The van der Waals surface area contributed by atoms with Crippen LogP contribution in [-0.2, 0) is 16.0 Å². The summed E-state index contributed by atoms with van der Waals surface area (Å²) in [5, 5.41) is 10.6. The number of nitrogens with zero attached hydrogens (tertiary/aromatic N) is 2. The molecule has 1 saturated heterocycles. The van der Waals surface area contributed by atoms with E-state index in [4.69, 9.17) is 9.47 Å². The van der Waals surface area contributed by atoms with Gasteiger partial charge in [-0.3, -0.25) is 14.9 Å². The molecule has 0 aliphatic carbocycles. The smallest absolute Gasteiger partial charge is 0.334 e. The first-order valence-corrected chi connectivity index (χ1v) is 6.21. The van der Waals surface area contributed by atoms with Crippen molar-refractivity contribution in [2.75, 3.05) is 19.8 Å². The van der Waals surface area contributed by atoms with Gasteiger partial charge in [0.25, 0.3) is 0 Å². The molecule has 1 aromatic heterocycles. The van der Waals surface area contributed by atoms with Gasteiger partial charge in [0.2, 0.25) is 0 Å². The van der Waals surface area contributed by atoms with Crippen molar-refractivity contribution in [3.63, 3.8) is 0 Å². The molecule has 7 nitrogen and oxygen atoms in total. The molecule has 1 aliphatic heterocycles. The van der Waals surface area contributed by atoms with Crippen LogP contribution in [0.3, 0.4) is 0 Å². The maximum Gasteiger partial charge on any atom is 0.334 e. The lowest BCUT2D eigenvalue weighted by atomic mass is 10.2. The standard InChI is InChI=1S/C12H16N2O5/c15-12-11(14(16)17)4-1-5-13(12)6-8-18-9-10-3-2-7-19-10/h1,4-5,10H,2-3,6-9H2. The number of ether oxygens (including phenoxy) is 2. The molecular weight excluding hydrogens is 252 g/mol. The molecule has 0 N–H and O–H groups in total. The van der Waals surface area contributed by atoms with Crippen LogP contribution in [0.5, 0.6) is 0 Å². The van der Waals surface area contributed by atoms with Crippen molar-refractivity contribution in [2.45, 2.75) is 25.5 Å². The first-order chi connectivity index (χ1) is 9.18. The minimum atomic E-state index is -0.675. The monoisotopic (exact) mass is 268 g/mol. The molecule has 1 aromatic rings. The Balaban J connectivity index is 1.84. The summed E-state index contributed by atoms with van der Waals surface area (Å²) < 4.78 is 12.1. The molecule has 2 heterocycles. The molecule has 0 saturated carbocycles. The number of hydrogen-bond donors (Lipinski definition) is 0. The second kappa shape index (κ2) is 6.44. The van der Waals surface area contributed by atoms with Gasteiger partial charge in [-0.05, 0) is 18.9 Å². The van der Waals surface area contributed by atoms with Crippen molar-refractivity contribution >= 4 is 5.69 Å². The van der Waals surface area contributed by atoms with E-state index in [0.29, 0.717) is 19.8 Å². The zero-order valence-corrected chi connectivity index (χ0v) is 10.5. The summed E-state index contributed by atoms with van der Waals surface area (Å²) in [7, 11) is 0. The van der Waals surface area contributed by atoms with Gasteiger partial charge in [-0.1, -0.05) is 0 Å². The van der Waals surface area contributed by atoms with Crippen molar-refractivity contribution < 1.29 is 14.4 Å². The zero-order chi connectivity index (χ0) is 13.7. The van der Waals surface area contributed by atoms with Gasteiger partial charge < -0.3 is 14.0 Å². The van der Waals surface area contributed by atoms with Crippen LogP contribution in [0, 0.1) is 10.1 Å². The maximum absolute atomic E-state index is 11.7. The first kappa shape index (κ1) is 13.7. The van der Waals surface area contributed by atoms with Crippen molar-refractivity contribution in [1.29, 1.82) is 0 Å². The lowest BCUT2D eigenvalue weighted by molar-refractivity contribution is -0.386. The predicted octanol–water partition coefficient (Wildman–Crippen LogP) is 0.952. The highest BCUT2D eigenvalue weighted by Gasteiger charge is 2.16. The Kier molecular flexibility index (Phi) is 4.64. The van der Waals surface area contributed by atoms with E-state index < -0.39 is 16.2 Å². The van der Waals surface area contributed by atoms with Crippen molar-refractivity contribution in [3.8, 4) is 0 Å². The second-order valence-electron chi connectivity index (χ2n) is 4.36. The fraction of sp³-hybridized carbons (Fsp3) is 0.583. The normalized spacial score (nSPS) is 18.6. The molecule has 7 heteroatoms. The Morgan fingerprint density at radius 3 is 3.11 bits per heavy atom. The highest BCUT2D eigenvalue weighted by molar-refractivity contribution is 5.24. The van der Waals surface area contributed by atoms with Gasteiger partial charge in [0, 0.05) is 25.4 Å². The van der Waals surface area contributed by atoms with Gasteiger partial charge in [0.1, 0.15) is 0 Å². The molecule has 2 rings (SSSR count). The number of rotatable bonds is 6. The summed E-state index contributed by atoms with van der Waals surface area (Å²) in [6.07, 6.45) is 3.71. The molecule has 1 aliphatic rings. The summed E-state index contributed by atoms with van der Waals surface area (Å²) in [6.45, 7) is 1.91. The summed E-state index contributed by atoms with van der Waals surface area (Å²) in [5.41, 5.74) is -1.02. The number of pyridine rings is 1. The van der Waals surface area contributed by atoms with E-state index in [9.17, 15) is 14.9 Å². The molecule has 1 fully saturated rings. The third kappa shape index (κ3) is 3.62. The number of hydrogen-bond acceptors (Lipinski definition) is 5. The topological polar surface area (TPSA) is 83.6 Å². The van der Waals surface area contributed by atoms with Crippen LogP contribution < -0.4 is 5.56 Å². The fourth-order valence-electron chi connectivity index (χ4n) is 1.99. The molecule has 0 amide bonds. The zero-order valence-electron chi connectivity index (χ0n) is 10.5. The van der Waals surface area contributed by atoms with Crippen LogP contribution in [0.15, 0.2) is 23.1 Å². The predicted molar refractivity (Wildman–Crippen MR) is 67.1 cm³/mol. The molecule has 0 spiro atoms. The lowest BCUT2D eigenvalue weighted by Crippen LogP contribution is -2.24. The van der Waals surface area contributed by atoms with Gasteiger partial charge in [0.05, 0.1) is 24.2 Å². The summed E-state index contributed by atoms with van der Waals surface area (Å²) >= 11 is 0. The van der Waals surface area contributed by atoms with Crippen LogP contribution in [0.2, 0.25) is 0 Å². The minimum absolute atomic E-state index is 0.141. The van der Waals surface area contributed by atoms with Gasteiger partial charge in [0.15, 0.2) is 0 Å². The van der Waals surface area contributed by atoms with E-state index in [1.165, 1.54) is 22.9 Å². The number of aromatic nitrogens is 1. The Labute approximate surface area is 109 Å². The van der Waals surface area contributed by atoms with Crippen LogP contribution in [0.4, 0.5) is 5.69 Å². The van der Waals surface area contributed by atoms with E-state index in [1.54, 1.807) is 0 Å². The molecule has 0 radical (unpaired) electrons. The molecule has 0 aromatic carbocycles. The Morgan fingerprint density at radius 1 is 1.58 bits per heavy atom. The molecule has 19 heavy (non-hydrogen) atoms. The maximum atomic E-state index is 11.7. The minimum Gasteiger partial charge on any atom is -0.377 e. The highest BCUT2D eigenvalue weighted by atomic mass is 16.6. The highest BCUT2D eigenvalue weighted by Crippen LogP contribution is 2.11. The molecular formula is C12H16N2O5. The van der Waals surface area contributed by atoms with E-state index in [-0.39, 0.29) is 6.10 Å². The van der Waals surface area contributed by atoms with Crippen molar-refractivity contribution in [2.24, 2.45) is 0 Å². The average Bonchev–Trinajstić information content (AvgIpc) is 2.89. The summed E-state index contributed by atoms with van der Waals surface area (Å²) in [6, 6.07) is 2.69. The average molecular weight is 268 g/mol. The van der Waals surface area contributed by atoms with E-state index in [2.05, 4.69) is 0 Å². The quantitative estimate of drug-likeness (QED) is 0.436. The van der Waals surface area contributed by atoms with Gasteiger partial charge in [-0.15, -0.1) is 0 Å². The molecule has 1 atom stereocenters. The molecule has 0 bridgehead atoms. The SMILES string of the molecule is O=c1c([N+](=O)[O-])cccn1CCOCC1CCCO1. The molecule has 104 valence electrons. The van der Waals surface area contributed by atoms with Crippen LogP contribution in [0.25, 0.3) is 0 Å². The summed E-state index contributed by atoms with van der Waals surface area (Å²) in [4.78, 5) is 21.6. The van der Waals surface area contributed by atoms with Crippen molar-refractivity contribution in [3.05, 3.63) is 38.8 Å². The van der Waals surface area contributed by atoms with Crippen LogP contribution >= 0.6 is 0 Å². The fourth-order valence-corrected chi connectivity index (χ4v) is 1.99. The Morgan fingerprint density at radius 2 is 2.42 bits per heavy atom. The van der Waals surface area contributed by atoms with Gasteiger partial charge >= 0.3 is 11.2 Å². The number of nitro groups is 1. The second-order valence-corrected chi connectivity index (χ2v) is 4.36. The largest absolute Gasteiger partial charge is 0.377 e. The third-order valence-electron chi connectivity index (χ3n) is 3.00. The van der Waals surface area contributed by atoms with E-state index in [0.717, 1.165) is 19.4 Å². The van der Waals surface area contributed by atoms with Gasteiger partial charge in [-0.25, -0.2) is 0 Å². The van der Waals surface area contributed by atoms with Crippen LogP contribution in [-0.4, -0.2) is 35.4 Å². The van der Waals surface area contributed by atoms with Crippen LogP contribution in [0.1, 0.15) is 12.8 Å². The third-order valence-corrected chi connectivity index (χ3v) is 3.00.